The minimum Gasteiger partial charge on any atom is -0.496 e. The van der Waals surface area contributed by atoms with E-state index in [9.17, 15) is 9.59 Å². The lowest BCUT2D eigenvalue weighted by atomic mass is 10.0. The number of likely N-dealkylation sites (N-methyl/N-ethyl adjacent to an activating group) is 1. The van der Waals surface area contributed by atoms with Gasteiger partial charge in [-0.1, -0.05) is 36.4 Å². The van der Waals surface area contributed by atoms with Crippen molar-refractivity contribution in [2.75, 3.05) is 33.1 Å². The normalized spacial score (nSPS) is 11.7. The second-order valence-electron chi connectivity index (χ2n) is 7.17. The summed E-state index contributed by atoms with van der Waals surface area (Å²) in [6.45, 7) is 0.438. The van der Waals surface area contributed by atoms with E-state index in [0.717, 1.165) is 11.3 Å². The summed E-state index contributed by atoms with van der Waals surface area (Å²) in [4.78, 5) is 31.1. The molecule has 7 nitrogen and oxygen atoms in total. The number of methoxy groups -OCH3 is 1. The Morgan fingerprint density at radius 3 is 2.52 bits per heavy atom. The van der Waals surface area contributed by atoms with Crippen LogP contribution < -0.4 is 15.4 Å². The fraction of sp³-hybridized carbons (Fsp3) is 0.261. The molecule has 3 aromatic rings. The number of anilines is 1. The maximum Gasteiger partial charge on any atom is 0.257 e. The summed E-state index contributed by atoms with van der Waals surface area (Å²) in [6, 6.07) is 16.7. The zero-order valence-corrected chi connectivity index (χ0v) is 18.6. The molecule has 0 bridgehead atoms. The maximum atomic E-state index is 12.5. The number of thiazole rings is 1. The number of hydrogen-bond donors (Lipinski definition) is 2. The summed E-state index contributed by atoms with van der Waals surface area (Å²) < 4.78 is 5.46. The van der Waals surface area contributed by atoms with Gasteiger partial charge in [0.25, 0.3) is 5.91 Å². The molecule has 162 valence electrons. The number of hydrogen-bond acceptors (Lipinski definition) is 6. The highest BCUT2D eigenvalue weighted by Crippen LogP contribution is 2.27. The molecule has 0 fully saturated rings. The first-order valence-corrected chi connectivity index (χ1v) is 10.7. The van der Waals surface area contributed by atoms with Crippen LogP contribution in [0.3, 0.4) is 0 Å². The predicted octanol–water partition coefficient (Wildman–Crippen LogP) is 3.37. The molecule has 31 heavy (non-hydrogen) atoms. The molecule has 0 spiro atoms. The van der Waals surface area contributed by atoms with Crippen LogP contribution in [-0.4, -0.2) is 49.4 Å². The van der Waals surface area contributed by atoms with Crippen molar-refractivity contribution >= 4 is 28.3 Å². The number of nitrogens with zero attached hydrogens (tertiary/aromatic N) is 2. The molecular formula is C23H26N4O3S. The van der Waals surface area contributed by atoms with Gasteiger partial charge < -0.3 is 15.0 Å². The molecule has 2 aromatic carbocycles. The average Bonchev–Trinajstić information content (AvgIpc) is 3.21. The summed E-state index contributed by atoms with van der Waals surface area (Å²) in [5.41, 5.74) is 2.18. The van der Waals surface area contributed by atoms with Crippen molar-refractivity contribution in [3.8, 4) is 5.75 Å². The maximum absolute atomic E-state index is 12.5. The van der Waals surface area contributed by atoms with Gasteiger partial charge in [0.05, 0.1) is 25.3 Å². The van der Waals surface area contributed by atoms with E-state index in [1.54, 1.807) is 36.8 Å². The van der Waals surface area contributed by atoms with Crippen LogP contribution >= 0.6 is 11.3 Å². The summed E-state index contributed by atoms with van der Waals surface area (Å²) in [7, 11) is 5.57. The van der Waals surface area contributed by atoms with E-state index in [1.165, 1.54) is 11.3 Å². The first-order chi connectivity index (χ1) is 15.0. The van der Waals surface area contributed by atoms with E-state index in [-0.39, 0.29) is 24.3 Å². The topological polar surface area (TPSA) is 83.6 Å². The molecule has 0 saturated heterocycles. The van der Waals surface area contributed by atoms with Gasteiger partial charge in [0.1, 0.15) is 5.75 Å². The molecule has 0 unspecified atom stereocenters. The zero-order valence-electron chi connectivity index (χ0n) is 17.8. The number of carbonyl (C=O) groups is 2. The predicted molar refractivity (Wildman–Crippen MR) is 123 cm³/mol. The van der Waals surface area contributed by atoms with Crippen LogP contribution in [-0.2, 0) is 11.2 Å². The standard InChI is InChI=1S/C23H26N4O3S/c1-27(2)19(18-11-7-8-12-20(18)30-3)14-24-21(28)13-17-15-31-23(25-17)26-22(29)16-9-5-4-6-10-16/h4-12,15,19H,13-14H2,1-3H3,(H,24,28)(H,25,26,29)/t19-/m0/s1. The number of benzene rings is 2. The van der Waals surface area contributed by atoms with Crippen LogP contribution in [0.2, 0.25) is 0 Å². The molecule has 1 atom stereocenters. The molecular weight excluding hydrogens is 412 g/mol. The Balaban J connectivity index is 1.56. The Morgan fingerprint density at radius 2 is 1.81 bits per heavy atom. The SMILES string of the molecule is COc1ccccc1[C@H](CNC(=O)Cc1csc(NC(=O)c2ccccc2)n1)N(C)C. The molecule has 0 aliphatic carbocycles. The van der Waals surface area contributed by atoms with Gasteiger partial charge in [0, 0.05) is 23.1 Å². The van der Waals surface area contributed by atoms with E-state index < -0.39 is 0 Å². The van der Waals surface area contributed by atoms with Gasteiger partial charge in [0.15, 0.2) is 5.13 Å². The van der Waals surface area contributed by atoms with Crippen molar-refractivity contribution in [3.05, 3.63) is 76.8 Å². The van der Waals surface area contributed by atoms with E-state index >= 15 is 0 Å². The van der Waals surface area contributed by atoms with Gasteiger partial charge >= 0.3 is 0 Å². The van der Waals surface area contributed by atoms with Crippen molar-refractivity contribution < 1.29 is 14.3 Å². The van der Waals surface area contributed by atoms with Crippen LogP contribution in [0.25, 0.3) is 0 Å². The lowest BCUT2D eigenvalue weighted by molar-refractivity contribution is -0.120. The number of carbonyl (C=O) groups excluding carboxylic acids is 2. The minimum absolute atomic E-state index is 0.0312. The monoisotopic (exact) mass is 438 g/mol. The van der Waals surface area contributed by atoms with Gasteiger partial charge in [0.2, 0.25) is 5.91 Å². The second kappa shape index (κ2) is 10.7. The molecule has 1 heterocycles. The van der Waals surface area contributed by atoms with E-state index in [1.807, 2.05) is 49.3 Å². The highest BCUT2D eigenvalue weighted by molar-refractivity contribution is 7.14. The van der Waals surface area contributed by atoms with Gasteiger partial charge in [-0.05, 0) is 32.3 Å². The Kier molecular flexibility index (Phi) is 7.75. The molecule has 0 radical (unpaired) electrons. The van der Waals surface area contributed by atoms with Crippen LogP contribution in [0.5, 0.6) is 5.75 Å². The third kappa shape index (κ3) is 6.13. The summed E-state index contributed by atoms with van der Waals surface area (Å²) in [6.07, 6.45) is 0.143. The van der Waals surface area contributed by atoms with Gasteiger partial charge in [-0.15, -0.1) is 11.3 Å². The fourth-order valence-corrected chi connectivity index (χ4v) is 3.86. The quantitative estimate of drug-likeness (QED) is 0.535. The van der Waals surface area contributed by atoms with Crippen molar-refractivity contribution in [2.24, 2.45) is 0 Å². The second-order valence-corrected chi connectivity index (χ2v) is 8.02. The van der Waals surface area contributed by atoms with Gasteiger partial charge in [-0.2, -0.15) is 0 Å². The zero-order chi connectivity index (χ0) is 22.2. The Labute approximate surface area is 186 Å². The number of ether oxygens (including phenoxy) is 1. The van der Waals surface area contributed by atoms with E-state index in [2.05, 4.69) is 15.6 Å². The molecule has 3 rings (SSSR count). The van der Waals surface area contributed by atoms with Crippen LogP contribution in [0, 0.1) is 0 Å². The summed E-state index contributed by atoms with van der Waals surface area (Å²) in [5, 5.41) is 8.00. The minimum atomic E-state index is -0.225. The fourth-order valence-electron chi connectivity index (χ4n) is 3.15. The van der Waals surface area contributed by atoms with Crippen molar-refractivity contribution in [1.29, 1.82) is 0 Å². The number of para-hydroxylation sites is 1. The Morgan fingerprint density at radius 1 is 1.10 bits per heavy atom. The van der Waals surface area contributed by atoms with Gasteiger partial charge in [-0.3, -0.25) is 14.9 Å². The highest BCUT2D eigenvalue weighted by atomic mass is 32.1. The van der Waals surface area contributed by atoms with Crippen LogP contribution in [0.4, 0.5) is 5.13 Å². The van der Waals surface area contributed by atoms with Crippen molar-refractivity contribution in [3.63, 3.8) is 0 Å². The number of amides is 2. The smallest absolute Gasteiger partial charge is 0.257 e. The van der Waals surface area contributed by atoms with Gasteiger partial charge in [-0.25, -0.2) is 4.98 Å². The third-order valence-corrected chi connectivity index (χ3v) is 5.57. The molecule has 0 aliphatic rings. The first-order valence-electron chi connectivity index (χ1n) is 9.84. The average molecular weight is 439 g/mol. The Hall–Kier alpha value is -3.23. The lowest BCUT2D eigenvalue weighted by Crippen LogP contribution is -2.35. The highest BCUT2D eigenvalue weighted by Gasteiger charge is 2.19. The van der Waals surface area contributed by atoms with Crippen molar-refractivity contribution in [2.45, 2.75) is 12.5 Å². The molecule has 1 aromatic heterocycles. The summed E-state index contributed by atoms with van der Waals surface area (Å²) >= 11 is 1.30. The number of aromatic nitrogens is 1. The van der Waals surface area contributed by atoms with Crippen molar-refractivity contribution in [1.82, 2.24) is 15.2 Å². The summed E-state index contributed by atoms with van der Waals surface area (Å²) in [5.74, 6) is 0.429. The molecule has 2 amide bonds. The first kappa shape index (κ1) is 22.5. The molecule has 0 aliphatic heterocycles. The lowest BCUT2D eigenvalue weighted by Gasteiger charge is -2.26. The third-order valence-electron chi connectivity index (χ3n) is 4.76. The number of rotatable bonds is 9. The largest absolute Gasteiger partial charge is 0.496 e. The van der Waals surface area contributed by atoms with Crippen LogP contribution in [0.15, 0.2) is 60.0 Å². The van der Waals surface area contributed by atoms with E-state index in [4.69, 9.17) is 4.74 Å². The van der Waals surface area contributed by atoms with Crippen LogP contribution in [0.1, 0.15) is 27.7 Å². The number of nitrogens with one attached hydrogen (secondary N) is 2. The molecule has 2 N–H and O–H groups in total. The van der Waals surface area contributed by atoms with E-state index in [0.29, 0.717) is 22.9 Å². The Bertz CT molecular complexity index is 1020. The molecule has 8 heteroatoms. The molecule has 0 saturated carbocycles.